The van der Waals surface area contributed by atoms with E-state index in [0.717, 1.165) is 5.75 Å². The minimum atomic E-state index is -6.13. The quantitative estimate of drug-likeness (QED) is 0.0837. The number of benzene rings is 7. The van der Waals surface area contributed by atoms with Crippen LogP contribution in [0.5, 0.6) is 5.75 Å². The zero-order valence-electron chi connectivity index (χ0n) is 40.3. The highest BCUT2D eigenvalue weighted by Gasteiger charge is 2.47. The molecule has 80 heavy (non-hydrogen) atoms. The van der Waals surface area contributed by atoms with E-state index in [0.29, 0.717) is 0 Å². The van der Waals surface area contributed by atoms with E-state index in [2.05, 4.69) is 86.6 Å². The first-order valence-electron chi connectivity index (χ1n) is 22.3. The summed E-state index contributed by atoms with van der Waals surface area (Å²) in [5.41, 5.74) is -27.8. The zero-order chi connectivity index (χ0) is 60.1. The number of ether oxygens (including phenoxy) is 1. The van der Waals surface area contributed by atoms with Crippen LogP contribution in [0.25, 0.3) is 0 Å². The lowest BCUT2D eigenvalue weighted by molar-refractivity contribution is -0.144. The van der Waals surface area contributed by atoms with E-state index < -0.39 is 195 Å². The van der Waals surface area contributed by atoms with Gasteiger partial charge in [-0.25, -0.2) is 0 Å². The summed E-state index contributed by atoms with van der Waals surface area (Å²) >= 11 is 0. The van der Waals surface area contributed by atoms with Crippen LogP contribution in [0.3, 0.4) is 0 Å². The summed E-state index contributed by atoms with van der Waals surface area (Å²) in [7, 11) is 1.64. The minimum Gasteiger partial charge on any atom is -0.496 e. The first kappa shape index (κ1) is 62.3. The number of hydrogen-bond donors (Lipinski definition) is 0. The molecule has 7 rings (SSSR count). The molecule has 0 unspecified atom stereocenters. The maximum Gasteiger partial charge on any atom is 0.416 e. The highest BCUT2D eigenvalue weighted by atomic mass is 32.2. The van der Waals surface area contributed by atoms with Gasteiger partial charge in [0, 0.05) is 12.1 Å². The van der Waals surface area contributed by atoms with E-state index in [9.17, 15) is 105 Å². The van der Waals surface area contributed by atoms with E-state index in [1.807, 2.05) is 0 Å². The third-order valence-electron chi connectivity index (χ3n) is 12.3. The summed E-state index contributed by atoms with van der Waals surface area (Å²) in [6.07, 6.45) is -54.8. The van der Waals surface area contributed by atoms with E-state index >= 15 is 0 Å². The Morgan fingerprint density at radius 2 is 0.487 bits per heavy atom. The highest BCUT2D eigenvalue weighted by Crippen LogP contribution is 2.42. The number of rotatable bonds is 8. The molecular weight excluding hydrogens is 1150 g/mol. The second-order valence-electron chi connectivity index (χ2n) is 17.7. The van der Waals surface area contributed by atoms with E-state index in [-0.39, 0.29) is 10.9 Å². The SMILES string of the molecule is COc1c(C)cc([S+](c2ccccc2)c2ccccc2)cc1C.FC(F)(F)c1cc([B-](c2cc(C(F)(F)F)cc(C(F)(F)F)c2)(c2cc(C(F)(F)F)cc(C(F)(F)F)c2)c2cc(C(F)(F)F)cc(C(F)(F)F)c2)cc(C(F)(F)F)c1. The average molecular weight is 1180 g/mol. The number of alkyl halides is 24. The van der Waals surface area contributed by atoms with Crippen molar-refractivity contribution in [2.24, 2.45) is 0 Å². The van der Waals surface area contributed by atoms with Gasteiger partial charge >= 0.3 is 49.4 Å². The average Bonchev–Trinajstić information content (AvgIpc) is 3.33. The van der Waals surface area contributed by atoms with Gasteiger partial charge in [0.1, 0.15) is 11.9 Å². The van der Waals surface area contributed by atoms with Crippen LogP contribution in [0.2, 0.25) is 0 Å². The van der Waals surface area contributed by atoms with Crippen molar-refractivity contribution in [3.05, 3.63) is 201 Å². The first-order valence-corrected chi connectivity index (χ1v) is 23.5. The molecule has 0 heterocycles. The van der Waals surface area contributed by atoms with Crippen molar-refractivity contribution in [2.45, 2.75) is 77.9 Å². The molecule has 0 fully saturated rings. The fourth-order valence-corrected chi connectivity index (χ4v) is 11.2. The second kappa shape index (κ2) is 21.9. The number of methoxy groups -OCH3 is 1. The normalized spacial score (nSPS) is 13.3. The smallest absolute Gasteiger partial charge is 0.416 e. The van der Waals surface area contributed by atoms with Crippen molar-refractivity contribution in [3.63, 3.8) is 0 Å². The Hall–Kier alpha value is -6.93. The van der Waals surface area contributed by atoms with Gasteiger partial charge in [-0.05, 0) is 73.5 Å². The predicted octanol–water partition coefficient (Wildman–Crippen LogP) is 16.6. The predicted molar refractivity (Wildman–Crippen MR) is 248 cm³/mol. The summed E-state index contributed by atoms with van der Waals surface area (Å²) in [6.45, 7) is 4.24. The Balaban J connectivity index is 0.000000370. The molecule has 0 amide bonds. The van der Waals surface area contributed by atoms with Crippen molar-refractivity contribution in [1.29, 1.82) is 0 Å². The Bertz CT molecular complexity index is 2830. The van der Waals surface area contributed by atoms with Crippen molar-refractivity contribution >= 4 is 38.9 Å². The summed E-state index contributed by atoms with van der Waals surface area (Å²) < 4.78 is 346. The molecule has 0 N–H and O–H groups in total. The maximum absolute atomic E-state index is 14.2. The highest BCUT2D eigenvalue weighted by molar-refractivity contribution is 7.97. The fraction of sp³-hybridized carbons (Fsp3) is 0.208. The Kier molecular flexibility index (Phi) is 17.0. The molecule has 0 saturated heterocycles. The molecule has 0 aliphatic rings. The largest absolute Gasteiger partial charge is 0.496 e. The topological polar surface area (TPSA) is 9.23 Å². The van der Waals surface area contributed by atoms with Gasteiger partial charge in [0.15, 0.2) is 14.7 Å². The van der Waals surface area contributed by atoms with Crippen LogP contribution < -0.4 is 26.6 Å². The van der Waals surface area contributed by atoms with Crippen molar-refractivity contribution in [1.82, 2.24) is 0 Å². The fourth-order valence-electron chi connectivity index (χ4n) is 8.94. The van der Waals surface area contributed by atoms with Gasteiger partial charge in [-0.15, -0.1) is 0 Å². The van der Waals surface area contributed by atoms with Crippen LogP contribution in [0.1, 0.15) is 55.6 Å². The van der Waals surface area contributed by atoms with Crippen LogP contribution in [0, 0.1) is 13.8 Å². The second-order valence-corrected chi connectivity index (χ2v) is 19.8. The summed E-state index contributed by atoms with van der Waals surface area (Å²) in [5, 5.41) is 0. The van der Waals surface area contributed by atoms with E-state index in [1.54, 1.807) is 7.11 Å². The molecule has 0 spiro atoms. The third-order valence-corrected chi connectivity index (χ3v) is 14.5. The molecule has 27 heteroatoms. The van der Waals surface area contributed by atoms with Gasteiger partial charge in [0.25, 0.3) is 0 Å². The van der Waals surface area contributed by atoms with Crippen LogP contribution in [0.4, 0.5) is 105 Å². The van der Waals surface area contributed by atoms with Crippen LogP contribution in [-0.2, 0) is 60.3 Å². The zero-order valence-corrected chi connectivity index (χ0v) is 41.1. The molecule has 0 bridgehead atoms. The minimum absolute atomic E-state index is 0.101. The van der Waals surface area contributed by atoms with Crippen molar-refractivity contribution in [2.75, 3.05) is 7.11 Å². The molecule has 1 nitrogen and oxygen atoms in total. The number of aryl methyl sites for hydroxylation is 2. The van der Waals surface area contributed by atoms with Gasteiger partial charge in [-0.3, -0.25) is 0 Å². The van der Waals surface area contributed by atoms with E-state index in [4.69, 9.17) is 4.74 Å². The van der Waals surface area contributed by atoms with Gasteiger partial charge in [0.2, 0.25) is 0 Å². The number of halogens is 24. The van der Waals surface area contributed by atoms with Gasteiger partial charge in [0.05, 0.1) is 62.5 Å². The van der Waals surface area contributed by atoms with Crippen LogP contribution in [0.15, 0.2) is 160 Å². The maximum atomic E-state index is 14.2. The molecule has 7 aromatic carbocycles. The standard InChI is InChI=1S/C32H12BF24.C21H21OS/c34-25(35,36)13-1-14(26(37,38)39)6-21(5-13)33(22-7-15(27(40,41)42)2-16(8-22)28(43,44)45,23-9-17(29(46,47)48)3-18(10-23)30(49,50)51)24-11-19(31(52,53)54)4-20(12-24)32(55,56)57;1-16-14-20(15-17(2)21(16)22-3)23(18-10-6-4-7-11-18)19-12-8-5-9-13-19/h1-12H;4-15H,1-3H3/q-1;+1. The van der Waals surface area contributed by atoms with E-state index in [1.165, 1.54) is 25.8 Å². The van der Waals surface area contributed by atoms with Crippen LogP contribution >= 0.6 is 0 Å². The first-order chi connectivity index (χ1) is 36.5. The van der Waals surface area contributed by atoms with Gasteiger partial charge < -0.3 is 4.74 Å². The molecule has 0 aromatic heterocycles. The molecule has 428 valence electrons. The lowest BCUT2D eigenvalue weighted by Crippen LogP contribution is -2.75. The Morgan fingerprint density at radius 3 is 0.662 bits per heavy atom. The Morgan fingerprint density at radius 1 is 0.287 bits per heavy atom. The lowest BCUT2D eigenvalue weighted by Gasteiger charge is -2.46. The molecule has 0 atom stereocenters. The molecular formula is C53H33BF24OS. The molecule has 7 aromatic rings. The third kappa shape index (κ3) is 13.8. The van der Waals surface area contributed by atoms with Gasteiger partial charge in [-0.2, -0.15) is 127 Å². The van der Waals surface area contributed by atoms with Crippen molar-refractivity contribution < 1.29 is 110 Å². The molecule has 0 aliphatic heterocycles. The van der Waals surface area contributed by atoms with Crippen LogP contribution in [-0.4, -0.2) is 13.3 Å². The summed E-state index contributed by atoms with van der Waals surface area (Å²) in [5.74, 6) is 0.985. The summed E-state index contributed by atoms with van der Waals surface area (Å²) in [6, 6.07) is 17.2. The molecule has 0 aliphatic carbocycles. The molecule has 0 saturated carbocycles. The summed E-state index contributed by atoms with van der Waals surface area (Å²) in [4.78, 5) is 4.00. The number of hydrogen-bond acceptors (Lipinski definition) is 1. The van der Waals surface area contributed by atoms with Gasteiger partial charge in [-0.1, -0.05) is 84.9 Å². The lowest BCUT2D eigenvalue weighted by atomic mass is 9.12. The molecule has 0 radical (unpaired) electrons. The monoisotopic (exact) mass is 1180 g/mol. The Labute approximate surface area is 440 Å². The van der Waals surface area contributed by atoms with Crippen molar-refractivity contribution in [3.8, 4) is 5.75 Å².